The van der Waals surface area contributed by atoms with Crippen LogP contribution in [0.3, 0.4) is 0 Å². The number of carboxylic acids is 1. The number of aromatic nitrogens is 1. The molecule has 18 heavy (non-hydrogen) atoms. The predicted molar refractivity (Wildman–Crippen MR) is 76.0 cm³/mol. The smallest absolute Gasteiger partial charge is 0.303 e. The van der Waals surface area contributed by atoms with E-state index < -0.39 is 5.97 Å². The molecule has 1 heterocycles. The quantitative estimate of drug-likeness (QED) is 0.927. The molecular weight excluding hydrogens is 294 g/mol. The van der Waals surface area contributed by atoms with E-state index in [1.807, 2.05) is 12.1 Å². The molecule has 0 spiro atoms. The highest BCUT2D eigenvalue weighted by molar-refractivity contribution is 9.10. The number of nitrogens with zero attached hydrogens (tertiary/aromatic N) is 1. The molecule has 0 aliphatic heterocycles. The summed E-state index contributed by atoms with van der Waals surface area (Å²) in [5.41, 5.74) is 2.23. The predicted octanol–water partition coefficient (Wildman–Crippen LogP) is 4.00. The van der Waals surface area contributed by atoms with Crippen LogP contribution in [0.25, 0.3) is 10.9 Å². The van der Waals surface area contributed by atoms with Gasteiger partial charge in [0.15, 0.2) is 0 Å². The molecule has 1 aromatic heterocycles. The zero-order chi connectivity index (χ0) is 13.3. The van der Waals surface area contributed by atoms with Gasteiger partial charge in [0, 0.05) is 27.1 Å². The van der Waals surface area contributed by atoms with Crippen LogP contribution in [0, 0.1) is 0 Å². The summed E-state index contributed by atoms with van der Waals surface area (Å²) >= 11 is 3.54. The van der Waals surface area contributed by atoms with Crippen LogP contribution in [0.4, 0.5) is 0 Å². The Kier molecular flexibility index (Phi) is 3.76. The third-order valence-electron chi connectivity index (χ3n) is 3.02. The largest absolute Gasteiger partial charge is 0.481 e. The minimum atomic E-state index is -0.755. The molecule has 96 valence electrons. The van der Waals surface area contributed by atoms with Gasteiger partial charge >= 0.3 is 5.97 Å². The van der Waals surface area contributed by atoms with Crippen LogP contribution in [-0.4, -0.2) is 15.6 Å². The van der Waals surface area contributed by atoms with Crippen molar-refractivity contribution in [1.29, 1.82) is 0 Å². The lowest BCUT2D eigenvalue weighted by atomic mass is 10.2. The third-order valence-corrected chi connectivity index (χ3v) is 3.71. The highest BCUT2D eigenvalue weighted by Crippen LogP contribution is 2.30. The molecule has 0 radical (unpaired) electrons. The number of rotatable bonds is 4. The number of carbonyl (C=O) groups is 1. The first-order valence-electron chi connectivity index (χ1n) is 6.01. The molecule has 0 unspecified atom stereocenters. The maximum absolute atomic E-state index is 10.7. The fraction of sp³-hybridized carbons (Fsp3) is 0.357. The van der Waals surface area contributed by atoms with Crippen LogP contribution in [0.1, 0.15) is 32.0 Å². The van der Waals surface area contributed by atoms with E-state index in [0.29, 0.717) is 12.5 Å². The van der Waals surface area contributed by atoms with E-state index in [2.05, 4.69) is 46.5 Å². The first-order chi connectivity index (χ1) is 8.50. The van der Waals surface area contributed by atoms with Gasteiger partial charge in [-0.3, -0.25) is 4.79 Å². The molecule has 0 atom stereocenters. The van der Waals surface area contributed by atoms with Crippen molar-refractivity contribution in [2.75, 3.05) is 0 Å². The molecule has 0 aliphatic carbocycles. The molecule has 2 rings (SSSR count). The summed E-state index contributed by atoms with van der Waals surface area (Å²) in [6.45, 7) is 4.23. The molecule has 0 saturated carbocycles. The molecular formula is C14H16BrNO2. The Labute approximate surface area is 115 Å². The Balaban J connectivity index is 2.54. The molecule has 0 fully saturated rings. The maximum atomic E-state index is 10.7. The summed E-state index contributed by atoms with van der Waals surface area (Å²) in [7, 11) is 0. The molecule has 1 aromatic carbocycles. The maximum Gasteiger partial charge on any atom is 0.303 e. The minimum Gasteiger partial charge on any atom is -0.481 e. The van der Waals surface area contributed by atoms with Crippen LogP contribution in [0.5, 0.6) is 0 Å². The Morgan fingerprint density at radius 1 is 1.44 bits per heavy atom. The number of benzene rings is 1. The van der Waals surface area contributed by atoms with Gasteiger partial charge in [0.05, 0.1) is 6.42 Å². The van der Waals surface area contributed by atoms with E-state index in [4.69, 9.17) is 5.11 Å². The van der Waals surface area contributed by atoms with Crippen molar-refractivity contribution in [2.24, 2.45) is 0 Å². The average Bonchev–Trinajstić information content (AvgIpc) is 2.66. The molecule has 1 N–H and O–H groups in total. The second-order valence-corrected chi connectivity index (χ2v) is 5.52. The molecule has 0 saturated heterocycles. The van der Waals surface area contributed by atoms with Crippen molar-refractivity contribution < 1.29 is 9.90 Å². The number of aliphatic carboxylic acids is 1. The average molecular weight is 310 g/mol. The summed E-state index contributed by atoms with van der Waals surface area (Å²) in [6, 6.07) is 8.49. The Morgan fingerprint density at radius 3 is 2.78 bits per heavy atom. The number of carboxylic acid groups (broad SMARTS) is 1. The number of aryl methyl sites for hydroxylation is 1. The van der Waals surface area contributed by atoms with Crippen molar-refractivity contribution in [1.82, 2.24) is 4.57 Å². The Hall–Kier alpha value is -1.29. The summed E-state index contributed by atoms with van der Waals surface area (Å²) < 4.78 is 3.26. The van der Waals surface area contributed by atoms with Crippen molar-refractivity contribution in [3.05, 3.63) is 34.4 Å². The Morgan fingerprint density at radius 2 is 2.17 bits per heavy atom. The standard InChI is InChI=1S/C14H16BrNO2/c1-9(2)16-10(6-7-14(17)18)8-11-12(15)4-3-5-13(11)16/h3-5,8-9H,6-7H2,1-2H3,(H,17,18). The fourth-order valence-corrected chi connectivity index (χ4v) is 2.78. The molecule has 2 aromatic rings. The number of fused-ring (bicyclic) bond motifs is 1. The minimum absolute atomic E-state index is 0.167. The van der Waals surface area contributed by atoms with Gasteiger partial charge in [0.2, 0.25) is 0 Å². The van der Waals surface area contributed by atoms with Crippen molar-refractivity contribution in [3.63, 3.8) is 0 Å². The van der Waals surface area contributed by atoms with Gasteiger partial charge in [0.25, 0.3) is 0 Å². The first kappa shape index (κ1) is 13.1. The zero-order valence-electron chi connectivity index (χ0n) is 10.5. The summed E-state index contributed by atoms with van der Waals surface area (Å²) in [4.78, 5) is 10.7. The number of hydrogen-bond acceptors (Lipinski definition) is 1. The van der Waals surface area contributed by atoms with Crippen molar-refractivity contribution in [2.45, 2.75) is 32.7 Å². The topological polar surface area (TPSA) is 42.2 Å². The zero-order valence-corrected chi connectivity index (χ0v) is 12.1. The first-order valence-corrected chi connectivity index (χ1v) is 6.80. The van der Waals surface area contributed by atoms with Gasteiger partial charge in [-0.1, -0.05) is 22.0 Å². The summed E-state index contributed by atoms with van der Waals surface area (Å²) in [5.74, 6) is -0.755. The van der Waals surface area contributed by atoms with Crippen LogP contribution in [0.2, 0.25) is 0 Å². The molecule has 4 heteroatoms. The van der Waals surface area contributed by atoms with Crippen LogP contribution in [0.15, 0.2) is 28.7 Å². The SMILES string of the molecule is CC(C)n1c(CCC(=O)O)cc2c(Br)cccc21. The number of halogens is 1. The van der Waals surface area contributed by atoms with Gasteiger partial charge in [-0.25, -0.2) is 0 Å². The summed E-state index contributed by atoms with van der Waals surface area (Å²) in [5, 5.41) is 9.96. The lowest BCUT2D eigenvalue weighted by molar-refractivity contribution is -0.136. The van der Waals surface area contributed by atoms with Gasteiger partial charge in [0.1, 0.15) is 0 Å². The van der Waals surface area contributed by atoms with E-state index in [1.165, 1.54) is 0 Å². The van der Waals surface area contributed by atoms with Crippen LogP contribution < -0.4 is 0 Å². The number of hydrogen-bond donors (Lipinski definition) is 1. The highest BCUT2D eigenvalue weighted by atomic mass is 79.9. The van der Waals surface area contributed by atoms with E-state index >= 15 is 0 Å². The lowest BCUT2D eigenvalue weighted by Crippen LogP contribution is -2.07. The van der Waals surface area contributed by atoms with E-state index in [-0.39, 0.29) is 6.42 Å². The van der Waals surface area contributed by atoms with Crippen LogP contribution >= 0.6 is 15.9 Å². The second-order valence-electron chi connectivity index (χ2n) is 4.67. The second kappa shape index (κ2) is 5.14. The lowest BCUT2D eigenvalue weighted by Gasteiger charge is -2.14. The van der Waals surface area contributed by atoms with Gasteiger partial charge in [-0.05, 0) is 38.5 Å². The van der Waals surface area contributed by atoms with Crippen molar-refractivity contribution >= 4 is 32.8 Å². The van der Waals surface area contributed by atoms with E-state index in [0.717, 1.165) is 21.1 Å². The summed E-state index contributed by atoms with van der Waals surface area (Å²) in [6.07, 6.45) is 0.731. The molecule has 0 bridgehead atoms. The normalized spacial score (nSPS) is 11.3. The van der Waals surface area contributed by atoms with Gasteiger partial charge < -0.3 is 9.67 Å². The monoisotopic (exact) mass is 309 g/mol. The molecule has 0 aliphatic rings. The molecule has 3 nitrogen and oxygen atoms in total. The van der Waals surface area contributed by atoms with Crippen molar-refractivity contribution in [3.8, 4) is 0 Å². The molecule has 0 amide bonds. The highest BCUT2D eigenvalue weighted by Gasteiger charge is 2.13. The Bertz CT molecular complexity index is 587. The van der Waals surface area contributed by atoms with Gasteiger partial charge in [-0.2, -0.15) is 0 Å². The van der Waals surface area contributed by atoms with Crippen LogP contribution in [-0.2, 0) is 11.2 Å². The van der Waals surface area contributed by atoms with Gasteiger partial charge in [-0.15, -0.1) is 0 Å². The van der Waals surface area contributed by atoms with E-state index in [9.17, 15) is 4.79 Å². The third kappa shape index (κ3) is 2.43. The fourth-order valence-electron chi connectivity index (χ4n) is 2.31. The van der Waals surface area contributed by atoms with E-state index in [1.54, 1.807) is 0 Å².